The Morgan fingerprint density at radius 3 is 2.61 bits per heavy atom. The summed E-state index contributed by atoms with van der Waals surface area (Å²) in [4.78, 5) is 19.3. The van der Waals surface area contributed by atoms with Gasteiger partial charge in [-0.1, -0.05) is 33.5 Å². The molecule has 0 aliphatic heterocycles. The molecular formula is C29H41N3O2SSi. The Morgan fingerprint density at radius 2 is 1.94 bits per heavy atom. The molecule has 0 saturated heterocycles. The molecule has 1 amide bonds. The van der Waals surface area contributed by atoms with Gasteiger partial charge in [-0.15, -0.1) is 11.3 Å². The number of nitrogens with zero attached hydrogens (tertiary/aromatic N) is 2. The number of benzene rings is 1. The zero-order chi connectivity index (χ0) is 25.5. The van der Waals surface area contributed by atoms with Crippen LogP contribution in [-0.2, 0) is 11.5 Å². The summed E-state index contributed by atoms with van der Waals surface area (Å²) in [6, 6.07) is 7.47. The highest BCUT2D eigenvalue weighted by atomic mass is 32.1. The SMILES string of the molecule is CC1CC2CC(C)CC(NC(=O)c3cc(-c4cncs4)cc4c3ccn4COCC[Si](C)(C)C)(C1)C2. The molecule has 2 fully saturated rings. The van der Waals surface area contributed by atoms with Crippen LogP contribution in [0.5, 0.6) is 0 Å². The van der Waals surface area contributed by atoms with Crippen LogP contribution in [0.15, 0.2) is 36.1 Å². The third kappa shape index (κ3) is 5.63. The molecule has 2 unspecified atom stereocenters. The van der Waals surface area contributed by atoms with Crippen LogP contribution in [0.3, 0.4) is 0 Å². The number of amides is 1. The number of nitrogens with one attached hydrogen (secondary N) is 1. The summed E-state index contributed by atoms with van der Waals surface area (Å²) in [5.74, 6) is 2.12. The van der Waals surface area contributed by atoms with Gasteiger partial charge in [0.05, 0.1) is 15.9 Å². The average Bonchev–Trinajstić information content (AvgIpc) is 3.44. The van der Waals surface area contributed by atoms with Crippen LogP contribution in [0.25, 0.3) is 21.3 Å². The van der Waals surface area contributed by atoms with Gasteiger partial charge in [0.1, 0.15) is 6.73 Å². The van der Waals surface area contributed by atoms with E-state index < -0.39 is 8.07 Å². The van der Waals surface area contributed by atoms with Crippen molar-refractivity contribution in [3.63, 3.8) is 0 Å². The molecule has 2 atom stereocenters. The number of ether oxygens (including phenoxy) is 1. The Morgan fingerprint density at radius 1 is 1.19 bits per heavy atom. The Labute approximate surface area is 220 Å². The highest BCUT2D eigenvalue weighted by Gasteiger charge is 2.45. The molecule has 1 aromatic carbocycles. The summed E-state index contributed by atoms with van der Waals surface area (Å²) >= 11 is 1.61. The molecule has 2 aliphatic carbocycles. The van der Waals surface area contributed by atoms with E-state index in [1.165, 1.54) is 12.8 Å². The Hall–Kier alpha value is -1.96. The first kappa shape index (κ1) is 25.7. The standard InChI is InChI=1S/C29H41N3O2SSi/c1-20-10-22-11-21(2)15-29(14-20,16-22)31-28(33)25-12-23(27-17-30-18-35-27)13-26-24(25)6-7-32(26)19-34-8-9-36(3,4)5/h6-7,12-13,17-18,20-22H,8-11,14-16,19H2,1-5H3,(H,31,33). The average molecular weight is 524 g/mol. The molecule has 0 spiro atoms. The van der Waals surface area contributed by atoms with Crippen LogP contribution in [0, 0.1) is 17.8 Å². The number of thiazole rings is 1. The quantitative estimate of drug-likeness (QED) is 0.247. The van der Waals surface area contributed by atoms with Crippen molar-refractivity contribution < 1.29 is 9.53 Å². The number of fused-ring (bicyclic) bond motifs is 3. The number of hydrogen-bond acceptors (Lipinski definition) is 4. The number of aromatic nitrogens is 2. The molecule has 2 aliphatic rings. The molecular weight excluding hydrogens is 482 g/mol. The fourth-order valence-corrected chi connectivity index (χ4v) is 8.17. The number of carbonyl (C=O) groups is 1. The van der Waals surface area contributed by atoms with Gasteiger partial charge in [0.25, 0.3) is 5.91 Å². The first-order chi connectivity index (χ1) is 17.1. The maximum atomic E-state index is 14.0. The van der Waals surface area contributed by atoms with Crippen molar-refractivity contribution in [2.75, 3.05) is 6.61 Å². The van der Waals surface area contributed by atoms with E-state index in [4.69, 9.17) is 4.74 Å². The Bertz CT molecular complexity index is 1190. The minimum Gasteiger partial charge on any atom is -0.361 e. The molecule has 2 aromatic heterocycles. The molecule has 2 heterocycles. The molecule has 3 aromatic rings. The lowest BCUT2D eigenvalue weighted by atomic mass is 9.61. The van der Waals surface area contributed by atoms with Gasteiger partial charge in [-0.25, -0.2) is 0 Å². The van der Waals surface area contributed by atoms with E-state index in [9.17, 15) is 4.79 Å². The van der Waals surface area contributed by atoms with E-state index in [-0.39, 0.29) is 11.4 Å². The summed E-state index contributed by atoms with van der Waals surface area (Å²) in [6.45, 7) is 13.1. The van der Waals surface area contributed by atoms with Gasteiger partial charge in [-0.3, -0.25) is 9.78 Å². The number of hydrogen-bond donors (Lipinski definition) is 1. The lowest BCUT2D eigenvalue weighted by molar-refractivity contribution is 0.0477. The van der Waals surface area contributed by atoms with Crippen molar-refractivity contribution >= 4 is 36.2 Å². The molecule has 7 heteroatoms. The second-order valence-electron chi connectivity index (χ2n) is 12.9. The highest BCUT2D eigenvalue weighted by molar-refractivity contribution is 7.13. The normalized spacial score (nSPS) is 26.3. The van der Waals surface area contributed by atoms with E-state index in [0.717, 1.165) is 64.7 Å². The smallest absolute Gasteiger partial charge is 0.252 e. The summed E-state index contributed by atoms with van der Waals surface area (Å²) in [7, 11) is -1.14. The lowest BCUT2D eigenvalue weighted by Gasteiger charge is -2.50. The second kappa shape index (κ2) is 10.1. The molecule has 2 bridgehead atoms. The summed E-state index contributed by atoms with van der Waals surface area (Å²) in [5, 5.41) is 4.59. The van der Waals surface area contributed by atoms with Gasteiger partial charge in [0, 0.05) is 43.6 Å². The van der Waals surface area contributed by atoms with E-state index in [1.54, 1.807) is 11.3 Å². The van der Waals surface area contributed by atoms with Crippen molar-refractivity contribution in [1.82, 2.24) is 14.9 Å². The van der Waals surface area contributed by atoms with E-state index in [0.29, 0.717) is 18.6 Å². The van der Waals surface area contributed by atoms with Gasteiger partial charge in [0.2, 0.25) is 0 Å². The third-order valence-electron chi connectivity index (χ3n) is 8.08. The van der Waals surface area contributed by atoms with Crippen LogP contribution in [0.1, 0.15) is 56.3 Å². The van der Waals surface area contributed by atoms with Crippen LogP contribution >= 0.6 is 11.3 Å². The summed E-state index contributed by atoms with van der Waals surface area (Å²) in [5.41, 5.74) is 4.63. The van der Waals surface area contributed by atoms with Crippen molar-refractivity contribution in [1.29, 1.82) is 0 Å². The third-order valence-corrected chi connectivity index (χ3v) is 10.6. The van der Waals surface area contributed by atoms with Crippen LogP contribution in [-0.4, -0.2) is 35.7 Å². The topological polar surface area (TPSA) is 56.2 Å². The molecule has 1 N–H and O–H groups in total. The van der Waals surface area contributed by atoms with Crippen molar-refractivity contribution in [3.8, 4) is 10.4 Å². The Balaban J connectivity index is 1.45. The lowest BCUT2D eigenvalue weighted by Crippen LogP contribution is -2.56. The monoisotopic (exact) mass is 523 g/mol. The molecule has 2 saturated carbocycles. The van der Waals surface area contributed by atoms with Gasteiger partial charge in [-0.05, 0) is 79.7 Å². The van der Waals surface area contributed by atoms with E-state index in [1.807, 2.05) is 11.7 Å². The van der Waals surface area contributed by atoms with Gasteiger partial charge < -0.3 is 14.6 Å². The fraction of sp³-hybridized carbons (Fsp3) is 0.586. The summed E-state index contributed by atoms with van der Waals surface area (Å²) < 4.78 is 8.22. The van der Waals surface area contributed by atoms with Gasteiger partial charge >= 0.3 is 0 Å². The predicted molar refractivity (Wildman–Crippen MR) is 152 cm³/mol. The first-order valence-corrected chi connectivity index (χ1v) is 18.1. The fourth-order valence-electron chi connectivity index (χ4n) is 6.80. The largest absolute Gasteiger partial charge is 0.361 e. The van der Waals surface area contributed by atoms with Crippen molar-refractivity contribution in [2.24, 2.45) is 17.8 Å². The van der Waals surface area contributed by atoms with Crippen LogP contribution < -0.4 is 5.32 Å². The highest BCUT2D eigenvalue weighted by Crippen LogP contribution is 2.47. The Kier molecular flexibility index (Phi) is 7.18. The number of carbonyl (C=O) groups excluding carboxylic acids is 1. The molecule has 36 heavy (non-hydrogen) atoms. The van der Waals surface area contributed by atoms with Crippen LogP contribution in [0.2, 0.25) is 25.7 Å². The second-order valence-corrected chi connectivity index (χ2v) is 19.4. The van der Waals surface area contributed by atoms with E-state index >= 15 is 0 Å². The van der Waals surface area contributed by atoms with E-state index in [2.05, 4.69) is 72.8 Å². The van der Waals surface area contributed by atoms with Crippen molar-refractivity contribution in [3.05, 3.63) is 41.7 Å². The zero-order valence-corrected chi connectivity index (χ0v) is 24.3. The van der Waals surface area contributed by atoms with Gasteiger partial charge in [0.15, 0.2) is 0 Å². The van der Waals surface area contributed by atoms with Crippen molar-refractivity contribution in [2.45, 2.75) is 83.9 Å². The maximum absolute atomic E-state index is 14.0. The number of rotatable bonds is 8. The minimum absolute atomic E-state index is 0.0608. The summed E-state index contributed by atoms with van der Waals surface area (Å²) in [6.07, 6.45) is 9.84. The van der Waals surface area contributed by atoms with Gasteiger partial charge in [-0.2, -0.15) is 0 Å². The van der Waals surface area contributed by atoms with Crippen LogP contribution in [0.4, 0.5) is 0 Å². The molecule has 194 valence electrons. The first-order valence-electron chi connectivity index (χ1n) is 13.5. The predicted octanol–water partition coefficient (Wildman–Crippen LogP) is 7.41. The zero-order valence-electron chi connectivity index (χ0n) is 22.5. The maximum Gasteiger partial charge on any atom is 0.252 e. The molecule has 5 nitrogen and oxygen atoms in total. The molecule has 0 radical (unpaired) electrons. The molecule has 5 rings (SSSR count). The minimum atomic E-state index is -1.14.